The zero-order chi connectivity index (χ0) is 21.7. The van der Waals surface area contributed by atoms with Gasteiger partial charge in [-0.2, -0.15) is 0 Å². The van der Waals surface area contributed by atoms with Gasteiger partial charge in [-0.05, 0) is 65.7 Å². The van der Waals surface area contributed by atoms with E-state index in [-0.39, 0.29) is 10.5 Å². The number of halogens is 2. The van der Waals surface area contributed by atoms with Crippen molar-refractivity contribution in [1.82, 2.24) is 0 Å². The van der Waals surface area contributed by atoms with Crippen LogP contribution in [-0.4, -0.2) is 21.3 Å². The van der Waals surface area contributed by atoms with Crippen LogP contribution in [0.25, 0.3) is 6.08 Å². The molecule has 0 aromatic heterocycles. The molecule has 3 aromatic rings. The number of hydrogen-bond donors (Lipinski definition) is 0. The summed E-state index contributed by atoms with van der Waals surface area (Å²) >= 11 is 3.30. The first-order valence-electron chi connectivity index (χ1n) is 8.92. The van der Waals surface area contributed by atoms with Crippen molar-refractivity contribution in [2.45, 2.75) is 5.75 Å². The number of ketones is 1. The first kappa shape index (κ1) is 21.9. The van der Waals surface area contributed by atoms with E-state index in [2.05, 4.69) is 15.9 Å². The molecule has 0 atom stereocenters. The molecule has 0 spiro atoms. The Kier molecular flexibility index (Phi) is 6.84. The maximum Gasteiger partial charge on any atom is 0.204 e. The zero-order valence-corrected chi connectivity index (χ0v) is 18.4. The lowest BCUT2D eigenvalue weighted by atomic mass is 10.1. The van der Waals surface area contributed by atoms with Crippen LogP contribution in [0.3, 0.4) is 0 Å². The fourth-order valence-electron chi connectivity index (χ4n) is 2.77. The third-order valence-electron chi connectivity index (χ3n) is 4.35. The largest absolute Gasteiger partial charge is 0.497 e. The van der Waals surface area contributed by atoms with Gasteiger partial charge in [0.2, 0.25) is 5.78 Å². The molecule has 0 saturated carbocycles. The summed E-state index contributed by atoms with van der Waals surface area (Å²) in [6.07, 6.45) is 1.35. The minimum atomic E-state index is -4.01. The second-order valence-corrected chi connectivity index (χ2v) is 9.38. The summed E-state index contributed by atoms with van der Waals surface area (Å²) in [6.45, 7) is 0. The van der Waals surface area contributed by atoms with Crippen LogP contribution in [0.4, 0.5) is 4.39 Å². The Hall–Kier alpha value is -2.77. The van der Waals surface area contributed by atoms with E-state index in [0.717, 1.165) is 4.47 Å². The zero-order valence-electron chi connectivity index (χ0n) is 16.0. The van der Waals surface area contributed by atoms with Crippen molar-refractivity contribution >= 4 is 37.6 Å². The van der Waals surface area contributed by atoms with Crippen molar-refractivity contribution in [2.24, 2.45) is 0 Å². The third-order valence-corrected chi connectivity index (χ3v) is 6.56. The van der Waals surface area contributed by atoms with Crippen molar-refractivity contribution in [3.05, 3.63) is 105 Å². The minimum Gasteiger partial charge on any atom is -0.497 e. The predicted molar refractivity (Wildman–Crippen MR) is 118 cm³/mol. The summed E-state index contributed by atoms with van der Waals surface area (Å²) in [7, 11) is -2.49. The van der Waals surface area contributed by atoms with Gasteiger partial charge in [-0.15, -0.1) is 0 Å². The summed E-state index contributed by atoms with van der Waals surface area (Å²) in [6, 6.07) is 18.3. The Bertz CT molecular complexity index is 1170. The summed E-state index contributed by atoms with van der Waals surface area (Å²) < 4.78 is 45.4. The van der Waals surface area contributed by atoms with Crippen molar-refractivity contribution in [2.75, 3.05) is 7.11 Å². The van der Waals surface area contributed by atoms with Crippen LogP contribution in [0.1, 0.15) is 21.5 Å². The molecule has 0 bridgehead atoms. The van der Waals surface area contributed by atoms with Gasteiger partial charge in [0.25, 0.3) is 0 Å². The van der Waals surface area contributed by atoms with Gasteiger partial charge in [-0.25, -0.2) is 12.8 Å². The minimum absolute atomic E-state index is 0.251. The number of sulfone groups is 1. The highest BCUT2D eigenvalue weighted by atomic mass is 79.9. The van der Waals surface area contributed by atoms with E-state index in [4.69, 9.17) is 4.74 Å². The SMILES string of the molecule is COc1ccc(/C=C(\C(=O)c2ccc(Br)cc2)S(=O)(=O)Cc2ccc(F)cc2)cc1. The number of benzene rings is 3. The smallest absolute Gasteiger partial charge is 0.204 e. The number of ether oxygens (including phenoxy) is 1. The molecule has 0 aliphatic rings. The molecule has 30 heavy (non-hydrogen) atoms. The van der Waals surface area contributed by atoms with Crippen molar-refractivity contribution < 1.29 is 22.3 Å². The normalized spacial score (nSPS) is 11.9. The van der Waals surface area contributed by atoms with Crippen LogP contribution in [0, 0.1) is 5.82 Å². The molecule has 0 heterocycles. The van der Waals surface area contributed by atoms with Gasteiger partial charge in [0, 0.05) is 10.0 Å². The summed E-state index contributed by atoms with van der Waals surface area (Å²) in [5.74, 6) is -0.879. The Morgan fingerprint density at radius 1 is 0.967 bits per heavy atom. The van der Waals surface area contributed by atoms with E-state index < -0.39 is 27.2 Å². The fourth-order valence-corrected chi connectivity index (χ4v) is 4.54. The highest BCUT2D eigenvalue weighted by Crippen LogP contribution is 2.24. The maximum absolute atomic E-state index is 13.2. The van der Waals surface area contributed by atoms with Crippen LogP contribution in [0.15, 0.2) is 82.2 Å². The summed E-state index contributed by atoms with van der Waals surface area (Å²) in [5, 5.41) is 0. The van der Waals surface area contributed by atoms with Crippen LogP contribution < -0.4 is 4.74 Å². The molecule has 0 amide bonds. The van der Waals surface area contributed by atoms with Gasteiger partial charge >= 0.3 is 0 Å². The third kappa shape index (κ3) is 5.43. The molecule has 7 heteroatoms. The Labute approximate surface area is 183 Å². The van der Waals surface area contributed by atoms with Crippen LogP contribution >= 0.6 is 15.9 Å². The molecule has 0 fully saturated rings. The standard InChI is InChI=1S/C23H18BrFO4S/c1-29-21-12-4-16(5-13-21)14-22(23(26)18-6-8-19(24)9-7-18)30(27,28)15-17-2-10-20(25)11-3-17/h2-14H,15H2,1H3/b22-14+. The number of hydrogen-bond acceptors (Lipinski definition) is 4. The first-order chi connectivity index (χ1) is 14.3. The topological polar surface area (TPSA) is 60.4 Å². The molecule has 154 valence electrons. The quantitative estimate of drug-likeness (QED) is 0.328. The second kappa shape index (κ2) is 9.36. The molecule has 3 aromatic carbocycles. The predicted octanol–water partition coefficient (Wildman–Crippen LogP) is 5.44. The lowest BCUT2D eigenvalue weighted by Crippen LogP contribution is -2.16. The lowest BCUT2D eigenvalue weighted by Gasteiger charge is -2.10. The molecular weight excluding hydrogens is 471 g/mol. The van der Waals surface area contributed by atoms with E-state index in [1.165, 1.54) is 37.5 Å². The molecule has 4 nitrogen and oxygen atoms in total. The average Bonchev–Trinajstić information content (AvgIpc) is 2.74. The van der Waals surface area contributed by atoms with E-state index in [9.17, 15) is 17.6 Å². The highest BCUT2D eigenvalue weighted by Gasteiger charge is 2.26. The van der Waals surface area contributed by atoms with Gasteiger partial charge in [-0.3, -0.25) is 4.79 Å². The number of carbonyl (C=O) groups excluding carboxylic acids is 1. The van der Waals surface area contributed by atoms with Gasteiger partial charge in [0.15, 0.2) is 9.84 Å². The first-order valence-corrected chi connectivity index (χ1v) is 11.4. The molecular formula is C23H18BrFO4S. The van der Waals surface area contributed by atoms with E-state index in [1.807, 2.05) is 0 Å². The molecule has 0 radical (unpaired) electrons. The average molecular weight is 489 g/mol. The molecule has 0 aliphatic carbocycles. The summed E-state index contributed by atoms with van der Waals surface area (Å²) in [4.78, 5) is 12.8. The second-order valence-electron chi connectivity index (χ2n) is 6.50. The lowest BCUT2D eigenvalue weighted by molar-refractivity contribution is 0.104. The molecule has 0 N–H and O–H groups in total. The van der Waals surface area contributed by atoms with Gasteiger partial charge < -0.3 is 4.74 Å². The van der Waals surface area contributed by atoms with Gasteiger partial charge in [0.1, 0.15) is 16.5 Å². The number of methoxy groups -OCH3 is 1. The summed E-state index contributed by atoms with van der Waals surface area (Å²) in [5.41, 5.74) is 1.18. The van der Waals surface area contributed by atoms with E-state index in [1.54, 1.807) is 48.5 Å². The number of carbonyl (C=O) groups is 1. The number of allylic oxidation sites excluding steroid dienone is 1. The van der Waals surface area contributed by atoms with Crippen LogP contribution in [-0.2, 0) is 15.6 Å². The maximum atomic E-state index is 13.2. The fraction of sp³-hybridized carbons (Fsp3) is 0.0870. The van der Waals surface area contributed by atoms with Crippen molar-refractivity contribution in [3.8, 4) is 5.75 Å². The Morgan fingerprint density at radius 3 is 2.13 bits per heavy atom. The highest BCUT2D eigenvalue weighted by molar-refractivity contribution is 9.10. The van der Waals surface area contributed by atoms with Crippen molar-refractivity contribution in [3.63, 3.8) is 0 Å². The molecule has 0 unspecified atom stereocenters. The van der Waals surface area contributed by atoms with Gasteiger partial charge in [-0.1, -0.05) is 40.2 Å². The molecule has 0 saturated heterocycles. The van der Waals surface area contributed by atoms with E-state index in [0.29, 0.717) is 16.9 Å². The van der Waals surface area contributed by atoms with Crippen molar-refractivity contribution in [1.29, 1.82) is 0 Å². The number of rotatable bonds is 7. The van der Waals surface area contributed by atoms with Crippen LogP contribution in [0.2, 0.25) is 0 Å². The van der Waals surface area contributed by atoms with E-state index >= 15 is 0 Å². The molecule has 3 rings (SSSR count). The molecule has 0 aliphatic heterocycles. The monoisotopic (exact) mass is 488 g/mol. The number of Topliss-reactive ketones (excluding diaryl/α,β-unsaturated/α-hetero) is 1. The Balaban J connectivity index is 2.05. The Morgan fingerprint density at radius 2 is 1.57 bits per heavy atom. The van der Waals surface area contributed by atoms with Crippen LogP contribution in [0.5, 0.6) is 5.75 Å². The van der Waals surface area contributed by atoms with Gasteiger partial charge in [0.05, 0.1) is 12.9 Å².